The lowest BCUT2D eigenvalue weighted by Crippen LogP contribution is -2.15. The van der Waals surface area contributed by atoms with Gasteiger partial charge < -0.3 is 0 Å². The monoisotopic (exact) mass is 940 g/mol. The van der Waals surface area contributed by atoms with Crippen molar-refractivity contribution in [2.75, 3.05) is 0 Å². The highest BCUT2D eigenvalue weighted by atomic mass is 14.4. The largest absolute Gasteiger partial charge is 0.0619 e. The summed E-state index contributed by atoms with van der Waals surface area (Å²) in [7, 11) is 0. The SMILES string of the molecule is CC1(C)c2ccccc2-c2ccc(-c3c4ccccc4c(-c4ccc5c(c4)C(C)(C)c4ccccc4-5)c4cc(-c5ccc(-c6c7ccccc7c(-c7cccc8ccccc78)c7ccccc67)cc5)ccc34)cc21. The molecule has 0 atom stereocenters. The molecule has 0 radical (unpaired) electrons. The second kappa shape index (κ2) is 15.8. The zero-order valence-electron chi connectivity index (χ0n) is 42.1. The van der Waals surface area contributed by atoms with Crippen molar-refractivity contribution in [3.05, 3.63) is 265 Å². The number of fused-ring (bicyclic) bond motifs is 11. The molecular formula is C74H52. The van der Waals surface area contributed by atoms with E-state index in [0.717, 1.165) is 0 Å². The molecule has 0 fully saturated rings. The minimum atomic E-state index is -0.123. The highest BCUT2D eigenvalue weighted by Crippen LogP contribution is 2.54. The fraction of sp³-hybridized carbons (Fsp3) is 0.0811. The maximum atomic E-state index is 2.51. The second-order valence-corrected chi connectivity index (χ2v) is 21.9. The van der Waals surface area contributed by atoms with E-state index in [1.54, 1.807) is 0 Å². The molecule has 348 valence electrons. The van der Waals surface area contributed by atoms with Crippen molar-refractivity contribution in [2.45, 2.75) is 38.5 Å². The lowest BCUT2D eigenvalue weighted by Gasteiger charge is -2.24. The van der Waals surface area contributed by atoms with Crippen LogP contribution in [0.5, 0.6) is 0 Å². The van der Waals surface area contributed by atoms with E-state index in [4.69, 9.17) is 0 Å². The molecule has 13 aromatic carbocycles. The zero-order chi connectivity index (χ0) is 49.5. The minimum absolute atomic E-state index is 0.112. The molecule has 13 aromatic rings. The molecule has 0 unspecified atom stereocenters. The summed E-state index contributed by atoms with van der Waals surface area (Å²) < 4.78 is 0. The molecule has 0 spiro atoms. The van der Waals surface area contributed by atoms with Gasteiger partial charge in [0.1, 0.15) is 0 Å². The number of hydrogen-bond acceptors (Lipinski definition) is 0. The van der Waals surface area contributed by atoms with Gasteiger partial charge in [0.15, 0.2) is 0 Å². The van der Waals surface area contributed by atoms with E-state index >= 15 is 0 Å². The summed E-state index contributed by atoms with van der Waals surface area (Å²) in [4.78, 5) is 0. The molecule has 2 aliphatic carbocycles. The van der Waals surface area contributed by atoms with Gasteiger partial charge in [-0.2, -0.15) is 0 Å². The number of benzene rings is 13. The molecule has 0 aliphatic heterocycles. The van der Waals surface area contributed by atoms with Gasteiger partial charge in [0.2, 0.25) is 0 Å². The Bertz CT molecular complexity index is 4460. The molecule has 0 heterocycles. The van der Waals surface area contributed by atoms with Gasteiger partial charge in [0.25, 0.3) is 0 Å². The van der Waals surface area contributed by atoms with Gasteiger partial charge in [-0.15, -0.1) is 0 Å². The quantitative estimate of drug-likeness (QED) is 0.151. The summed E-state index contributed by atoms with van der Waals surface area (Å²) in [5.41, 5.74) is 23.2. The van der Waals surface area contributed by atoms with Crippen molar-refractivity contribution < 1.29 is 0 Å². The fourth-order valence-corrected chi connectivity index (χ4v) is 13.7. The summed E-state index contributed by atoms with van der Waals surface area (Å²) >= 11 is 0. The smallest absolute Gasteiger partial charge is 0.0159 e. The van der Waals surface area contributed by atoms with Gasteiger partial charge in [-0.05, 0) is 172 Å². The standard InChI is InChI=1S/C74H52/c1-73(2)65-30-15-13-21-52(65)54-39-37-49(43-67(54)73)70-57-23-7-8-24-58(57)71(50-38-40-55-53-22-14-16-31-66(53)74(3,4)68(55)44-50)64-42-48(36-41-63(64)70)45-32-34-47(35-33-45)69-59-25-9-11-27-61(59)72(62-28-12-10-26-60(62)69)56-29-17-19-46-18-5-6-20-51(46)56/h5-44H,1-4H3. The Morgan fingerprint density at radius 3 is 1.09 bits per heavy atom. The Morgan fingerprint density at radius 1 is 0.203 bits per heavy atom. The van der Waals surface area contributed by atoms with Gasteiger partial charge in [0, 0.05) is 10.8 Å². The predicted molar refractivity (Wildman–Crippen MR) is 316 cm³/mol. The predicted octanol–water partition coefficient (Wildman–Crippen LogP) is 20.4. The molecule has 0 N–H and O–H groups in total. The molecule has 0 bridgehead atoms. The molecule has 0 nitrogen and oxygen atoms in total. The van der Waals surface area contributed by atoms with Gasteiger partial charge in [-0.1, -0.05) is 252 Å². The van der Waals surface area contributed by atoms with Crippen LogP contribution in [0.2, 0.25) is 0 Å². The van der Waals surface area contributed by atoms with Crippen LogP contribution in [0.15, 0.2) is 243 Å². The van der Waals surface area contributed by atoms with Crippen LogP contribution in [0, 0.1) is 0 Å². The van der Waals surface area contributed by atoms with Crippen LogP contribution in [0.1, 0.15) is 49.9 Å². The van der Waals surface area contributed by atoms with Crippen molar-refractivity contribution in [2.24, 2.45) is 0 Å². The van der Waals surface area contributed by atoms with Gasteiger partial charge in [-0.25, -0.2) is 0 Å². The number of hydrogen-bond donors (Lipinski definition) is 0. The van der Waals surface area contributed by atoms with E-state index in [1.165, 1.54) is 154 Å². The molecule has 0 saturated carbocycles. The van der Waals surface area contributed by atoms with E-state index in [2.05, 4.69) is 270 Å². The Labute approximate surface area is 432 Å². The third kappa shape index (κ3) is 6.09. The Kier molecular flexibility index (Phi) is 9.16. The highest BCUT2D eigenvalue weighted by Gasteiger charge is 2.37. The normalized spacial score (nSPS) is 13.9. The van der Waals surface area contributed by atoms with Crippen molar-refractivity contribution in [1.82, 2.24) is 0 Å². The van der Waals surface area contributed by atoms with Gasteiger partial charge in [-0.3, -0.25) is 0 Å². The van der Waals surface area contributed by atoms with Crippen LogP contribution in [-0.2, 0) is 10.8 Å². The summed E-state index contributed by atoms with van der Waals surface area (Å²) in [5.74, 6) is 0. The molecule has 0 aromatic heterocycles. The second-order valence-electron chi connectivity index (χ2n) is 21.9. The van der Waals surface area contributed by atoms with Crippen LogP contribution in [0.25, 0.3) is 132 Å². The third-order valence-corrected chi connectivity index (χ3v) is 17.3. The van der Waals surface area contributed by atoms with Crippen molar-refractivity contribution in [3.63, 3.8) is 0 Å². The molecule has 0 saturated heterocycles. The van der Waals surface area contributed by atoms with Gasteiger partial charge >= 0.3 is 0 Å². The van der Waals surface area contributed by atoms with Crippen molar-refractivity contribution in [3.8, 4) is 77.9 Å². The van der Waals surface area contributed by atoms with Crippen LogP contribution in [0.3, 0.4) is 0 Å². The van der Waals surface area contributed by atoms with Crippen molar-refractivity contribution in [1.29, 1.82) is 0 Å². The molecular weight excluding hydrogens is 889 g/mol. The maximum Gasteiger partial charge on any atom is 0.0159 e. The highest BCUT2D eigenvalue weighted by molar-refractivity contribution is 6.24. The first-order chi connectivity index (χ1) is 36.2. The maximum absolute atomic E-state index is 2.51. The zero-order valence-corrected chi connectivity index (χ0v) is 42.1. The first-order valence-electron chi connectivity index (χ1n) is 26.2. The van der Waals surface area contributed by atoms with Crippen LogP contribution in [0.4, 0.5) is 0 Å². The van der Waals surface area contributed by atoms with E-state index in [0.29, 0.717) is 0 Å². The van der Waals surface area contributed by atoms with E-state index in [-0.39, 0.29) is 10.8 Å². The molecule has 0 amide bonds. The summed E-state index contributed by atoms with van der Waals surface area (Å²) in [6.45, 7) is 9.55. The Hall–Kier alpha value is -8.84. The fourth-order valence-electron chi connectivity index (χ4n) is 13.7. The molecule has 74 heavy (non-hydrogen) atoms. The topological polar surface area (TPSA) is 0 Å². The minimum Gasteiger partial charge on any atom is -0.0619 e. The van der Waals surface area contributed by atoms with Gasteiger partial charge in [0.05, 0.1) is 0 Å². The first kappa shape index (κ1) is 42.8. The molecule has 2 aliphatic rings. The lowest BCUT2D eigenvalue weighted by atomic mass is 9.79. The average Bonchev–Trinajstić information content (AvgIpc) is 3.83. The summed E-state index contributed by atoms with van der Waals surface area (Å²) in [6.07, 6.45) is 0. The van der Waals surface area contributed by atoms with Crippen LogP contribution in [-0.4, -0.2) is 0 Å². The van der Waals surface area contributed by atoms with Crippen LogP contribution >= 0.6 is 0 Å². The Morgan fingerprint density at radius 2 is 0.554 bits per heavy atom. The summed E-state index contributed by atoms with van der Waals surface area (Å²) in [5, 5.41) is 12.6. The van der Waals surface area contributed by atoms with Crippen LogP contribution < -0.4 is 0 Å². The summed E-state index contributed by atoms with van der Waals surface area (Å²) in [6, 6.07) is 91.8. The Balaban J connectivity index is 0.932. The van der Waals surface area contributed by atoms with E-state index in [1.807, 2.05) is 0 Å². The number of rotatable bonds is 5. The first-order valence-corrected chi connectivity index (χ1v) is 26.2. The average molecular weight is 941 g/mol. The van der Waals surface area contributed by atoms with Crippen molar-refractivity contribution >= 4 is 53.9 Å². The van der Waals surface area contributed by atoms with E-state index < -0.39 is 0 Å². The third-order valence-electron chi connectivity index (χ3n) is 17.3. The lowest BCUT2D eigenvalue weighted by molar-refractivity contribution is 0.660. The molecule has 0 heteroatoms. The molecule has 15 rings (SSSR count). The van der Waals surface area contributed by atoms with E-state index in [9.17, 15) is 0 Å².